The summed E-state index contributed by atoms with van der Waals surface area (Å²) >= 11 is 15.2. The number of halogens is 3. The predicted molar refractivity (Wildman–Crippen MR) is 81.6 cm³/mol. The summed E-state index contributed by atoms with van der Waals surface area (Å²) in [6.07, 6.45) is 0. The van der Waals surface area contributed by atoms with Crippen LogP contribution in [0.5, 0.6) is 5.75 Å². The summed E-state index contributed by atoms with van der Waals surface area (Å²) in [5, 5.41) is 11.3. The molecule has 104 valence electrons. The Kier molecular flexibility index (Phi) is 4.86. The second-order valence-electron chi connectivity index (χ2n) is 3.89. The highest BCUT2D eigenvalue weighted by atomic mass is 79.9. The van der Waals surface area contributed by atoms with Crippen LogP contribution >= 0.6 is 39.1 Å². The van der Waals surface area contributed by atoms with Crippen LogP contribution in [0.25, 0.3) is 0 Å². The molecular formula is C13H8BrCl2NO3. The van der Waals surface area contributed by atoms with Crippen LogP contribution in [0.3, 0.4) is 0 Å². The first-order valence-electron chi connectivity index (χ1n) is 5.48. The van der Waals surface area contributed by atoms with Gasteiger partial charge in [-0.15, -0.1) is 0 Å². The molecule has 0 saturated heterocycles. The summed E-state index contributed by atoms with van der Waals surface area (Å²) in [7, 11) is 0. The van der Waals surface area contributed by atoms with Crippen LogP contribution in [0.4, 0.5) is 5.69 Å². The molecule has 0 aliphatic heterocycles. The Hall–Kier alpha value is -1.30. The van der Waals surface area contributed by atoms with Crippen LogP contribution in [-0.4, -0.2) is 4.92 Å². The lowest BCUT2D eigenvalue weighted by Gasteiger charge is -2.08. The van der Waals surface area contributed by atoms with E-state index in [0.717, 1.165) is 10.0 Å². The van der Waals surface area contributed by atoms with Gasteiger partial charge in [0.2, 0.25) is 0 Å². The van der Waals surface area contributed by atoms with Gasteiger partial charge < -0.3 is 4.74 Å². The number of hydrogen-bond acceptors (Lipinski definition) is 3. The summed E-state index contributed by atoms with van der Waals surface area (Å²) in [6.45, 7) is 0.250. The lowest BCUT2D eigenvalue weighted by Crippen LogP contribution is -1.97. The molecule has 20 heavy (non-hydrogen) atoms. The van der Waals surface area contributed by atoms with E-state index in [2.05, 4.69) is 15.9 Å². The second kappa shape index (κ2) is 6.43. The lowest BCUT2D eigenvalue weighted by molar-refractivity contribution is -0.384. The highest BCUT2D eigenvalue weighted by Crippen LogP contribution is 2.29. The molecule has 0 spiro atoms. The van der Waals surface area contributed by atoms with Crippen LogP contribution in [-0.2, 0) is 6.61 Å². The number of benzene rings is 2. The van der Waals surface area contributed by atoms with Crippen molar-refractivity contribution in [1.82, 2.24) is 0 Å². The van der Waals surface area contributed by atoms with Crippen molar-refractivity contribution >= 4 is 44.8 Å². The Morgan fingerprint density at radius 2 is 1.90 bits per heavy atom. The first-order chi connectivity index (χ1) is 9.47. The Morgan fingerprint density at radius 3 is 2.50 bits per heavy atom. The van der Waals surface area contributed by atoms with E-state index in [1.54, 1.807) is 6.07 Å². The van der Waals surface area contributed by atoms with Crippen LogP contribution in [0.2, 0.25) is 10.0 Å². The molecule has 0 bridgehead atoms. The minimum atomic E-state index is -0.544. The first-order valence-corrected chi connectivity index (χ1v) is 7.03. The Morgan fingerprint density at radius 1 is 1.15 bits per heavy atom. The average Bonchev–Trinajstić information content (AvgIpc) is 2.37. The molecule has 2 rings (SSSR count). The Balaban J connectivity index is 2.11. The van der Waals surface area contributed by atoms with Crippen molar-refractivity contribution in [1.29, 1.82) is 0 Å². The van der Waals surface area contributed by atoms with E-state index in [1.807, 2.05) is 12.1 Å². The van der Waals surface area contributed by atoms with Crippen molar-refractivity contribution in [2.75, 3.05) is 0 Å². The molecule has 0 aliphatic carbocycles. The summed E-state index contributed by atoms with van der Waals surface area (Å²) in [5.74, 6) is 0.444. The summed E-state index contributed by atoms with van der Waals surface area (Å²) in [6, 6.07) is 9.67. The topological polar surface area (TPSA) is 52.4 Å². The van der Waals surface area contributed by atoms with E-state index in [-0.39, 0.29) is 17.3 Å². The van der Waals surface area contributed by atoms with Gasteiger partial charge in [-0.25, -0.2) is 0 Å². The zero-order chi connectivity index (χ0) is 14.7. The maximum absolute atomic E-state index is 10.6. The number of nitrogens with zero attached hydrogens (tertiary/aromatic N) is 1. The molecule has 0 saturated carbocycles. The van der Waals surface area contributed by atoms with Crippen LogP contribution in [0.1, 0.15) is 5.56 Å². The van der Waals surface area contributed by atoms with E-state index in [4.69, 9.17) is 27.9 Å². The van der Waals surface area contributed by atoms with E-state index in [1.165, 1.54) is 18.2 Å². The first kappa shape index (κ1) is 15.1. The molecule has 0 aromatic heterocycles. The molecule has 0 heterocycles. The largest absolute Gasteiger partial charge is 0.489 e. The normalized spacial score (nSPS) is 10.3. The Labute approximate surface area is 133 Å². The number of rotatable bonds is 4. The highest BCUT2D eigenvalue weighted by Gasteiger charge is 2.12. The quantitative estimate of drug-likeness (QED) is 0.541. The third-order valence-electron chi connectivity index (χ3n) is 2.53. The molecule has 2 aromatic carbocycles. The molecule has 0 atom stereocenters. The molecule has 0 aliphatic rings. The van der Waals surface area contributed by atoms with E-state index in [0.29, 0.717) is 10.8 Å². The second-order valence-corrected chi connectivity index (χ2v) is 5.62. The van der Waals surface area contributed by atoms with Crippen molar-refractivity contribution in [3.63, 3.8) is 0 Å². The summed E-state index contributed by atoms with van der Waals surface area (Å²) < 4.78 is 6.40. The van der Waals surface area contributed by atoms with Crippen LogP contribution in [0, 0.1) is 10.1 Å². The molecule has 0 N–H and O–H groups in total. The molecule has 0 amide bonds. The van der Waals surface area contributed by atoms with E-state index in [9.17, 15) is 10.1 Å². The minimum Gasteiger partial charge on any atom is -0.489 e. The fourth-order valence-corrected chi connectivity index (χ4v) is 2.49. The van der Waals surface area contributed by atoms with Gasteiger partial charge in [0.15, 0.2) is 0 Å². The van der Waals surface area contributed by atoms with Gasteiger partial charge in [-0.3, -0.25) is 10.1 Å². The summed E-state index contributed by atoms with van der Waals surface area (Å²) in [5.41, 5.74) is 0.657. The van der Waals surface area contributed by atoms with Crippen molar-refractivity contribution in [3.8, 4) is 5.75 Å². The molecule has 0 radical (unpaired) electrons. The molecule has 7 heteroatoms. The molecular weight excluding hydrogens is 369 g/mol. The summed E-state index contributed by atoms with van der Waals surface area (Å²) in [4.78, 5) is 10.1. The van der Waals surface area contributed by atoms with Gasteiger partial charge >= 0.3 is 0 Å². The van der Waals surface area contributed by atoms with Gasteiger partial charge in [-0.2, -0.15) is 0 Å². The average molecular weight is 377 g/mol. The third-order valence-corrected chi connectivity index (χ3v) is 3.67. The maximum atomic E-state index is 10.6. The number of nitro benzene ring substituents is 1. The number of hydrogen-bond donors (Lipinski definition) is 0. The van der Waals surface area contributed by atoms with Gasteiger partial charge in [0, 0.05) is 27.2 Å². The molecule has 0 unspecified atom stereocenters. The lowest BCUT2D eigenvalue weighted by atomic mass is 10.2. The van der Waals surface area contributed by atoms with Crippen molar-refractivity contribution < 1.29 is 9.66 Å². The Bertz CT molecular complexity index is 664. The van der Waals surface area contributed by atoms with Gasteiger partial charge in [-0.1, -0.05) is 45.2 Å². The predicted octanol–water partition coefficient (Wildman–Crippen LogP) is 5.24. The van der Waals surface area contributed by atoms with Crippen molar-refractivity contribution in [2.24, 2.45) is 0 Å². The third kappa shape index (κ3) is 3.62. The zero-order valence-electron chi connectivity index (χ0n) is 9.98. The van der Waals surface area contributed by atoms with Crippen molar-refractivity contribution in [3.05, 3.63) is 66.6 Å². The van der Waals surface area contributed by atoms with Gasteiger partial charge in [0.1, 0.15) is 17.4 Å². The van der Waals surface area contributed by atoms with Crippen LogP contribution in [0.15, 0.2) is 40.9 Å². The van der Waals surface area contributed by atoms with Crippen molar-refractivity contribution in [2.45, 2.75) is 6.61 Å². The SMILES string of the molecule is O=[N+]([O-])c1ccc(OCc2ccc(Br)cc2Cl)cc1Cl. The van der Waals surface area contributed by atoms with E-state index < -0.39 is 4.92 Å². The molecule has 2 aromatic rings. The zero-order valence-corrected chi connectivity index (χ0v) is 13.1. The molecule has 0 fully saturated rings. The highest BCUT2D eigenvalue weighted by molar-refractivity contribution is 9.10. The maximum Gasteiger partial charge on any atom is 0.288 e. The van der Waals surface area contributed by atoms with Gasteiger partial charge in [0.05, 0.1) is 4.92 Å². The monoisotopic (exact) mass is 375 g/mol. The fourth-order valence-electron chi connectivity index (χ4n) is 1.53. The van der Waals surface area contributed by atoms with Gasteiger partial charge in [0.25, 0.3) is 5.69 Å². The number of ether oxygens (including phenoxy) is 1. The minimum absolute atomic E-state index is 0.0365. The number of nitro groups is 1. The fraction of sp³-hybridized carbons (Fsp3) is 0.0769. The standard InChI is InChI=1S/C13H8BrCl2NO3/c14-9-2-1-8(11(15)5-9)7-20-10-3-4-13(17(18)19)12(16)6-10/h1-6H,7H2. The molecule has 4 nitrogen and oxygen atoms in total. The van der Waals surface area contributed by atoms with E-state index >= 15 is 0 Å². The van der Waals surface area contributed by atoms with Crippen LogP contribution < -0.4 is 4.74 Å². The smallest absolute Gasteiger partial charge is 0.288 e. The van der Waals surface area contributed by atoms with Gasteiger partial charge in [-0.05, 0) is 18.2 Å².